The van der Waals surface area contributed by atoms with Gasteiger partial charge in [-0.15, -0.1) is 0 Å². The lowest BCUT2D eigenvalue weighted by Crippen LogP contribution is -2.24. The molecule has 0 amide bonds. The van der Waals surface area contributed by atoms with Gasteiger partial charge < -0.3 is 15.4 Å². The number of hydrogen-bond acceptors (Lipinski definition) is 4. The van der Waals surface area contributed by atoms with Gasteiger partial charge in [-0.3, -0.25) is 0 Å². The quantitative estimate of drug-likeness (QED) is 0.750. The molecule has 2 unspecified atom stereocenters. The third-order valence-electron chi connectivity index (χ3n) is 2.25. The van der Waals surface area contributed by atoms with Gasteiger partial charge in [0.2, 0.25) is 0 Å². The normalized spacial score (nSPS) is 15.6. The number of nitrogens with two attached hydrogens (primary N) is 1. The first kappa shape index (κ1) is 9.18. The van der Waals surface area contributed by atoms with Crippen LogP contribution in [0, 0.1) is 0 Å². The number of hydrogen-bond donors (Lipinski definition) is 2. The molecule has 1 aromatic heterocycles. The van der Waals surface area contributed by atoms with Crippen molar-refractivity contribution in [1.29, 1.82) is 0 Å². The molecule has 3 N–H and O–H groups in total. The standard InChI is InChI=1S/C10H12N2O2/c1-6(11)10(13)7-3-2-4-9-8(7)5-12-14-9/h2-6,10,13H,11H2,1H3. The number of nitrogens with zero attached hydrogens (tertiary/aromatic N) is 1. The molecule has 0 aliphatic carbocycles. The number of aliphatic hydroxyl groups excluding tert-OH is 1. The first-order chi connectivity index (χ1) is 6.70. The van der Waals surface area contributed by atoms with Crippen molar-refractivity contribution in [2.75, 3.05) is 0 Å². The summed E-state index contributed by atoms with van der Waals surface area (Å²) in [6, 6.07) is 5.14. The summed E-state index contributed by atoms with van der Waals surface area (Å²) in [7, 11) is 0. The van der Waals surface area contributed by atoms with E-state index in [1.165, 1.54) is 0 Å². The summed E-state index contributed by atoms with van der Waals surface area (Å²) in [5.74, 6) is 0. The van der Waals surface area contributed by atoms with Gasteiger partial charge in [0.1, 0.15) is 0 Å². The molecule has 4 nitrogen and oxygen atoms in total. The summed E-state index contributed by atoms with van der Waals surface area (Å²) in [6.45, 7) is 1.76. The number of rotatable bonds is 2. The van der Waals surface area contributed by atoms with E-state index in [0.717, 1.165) is 10.9 Å². The van der Waals surface area contributed by atoms with Crippen molar-refractivity contribution in [1.82, 2.24) is 5.16 Å². The Morgan fingerprint density at radius 3 is 3.00 bits per heavy atom. The molecule has 0 radical (unpaired) electrons. The Hall–Kier alpha value is -1.39. The molecule has 0 fully saturated rings. The van der Waals surface area contributed by atoms with Crippen LogP contribution in [0.5, 0.6) is 0 Å². The highest BCUT2D eigenvalue weighted by molar-refractivity contribution is 5.80. The van der Waals surface area contributed by atoms with E-state index in [9.17, 15) is 5.11 Å². The monoisotopic (exact) mass is 192 g/mol. The molecule has 4 heteroatoms. The third kappa shape index (κ3) is 1.38. The molecule has 2 atom stereocenters. The van der Waals surface area contributed by atoms with Gasteiger partial charge in [0.05, 0.1) is 12.3 Å². The van der Waals surface area contributed by atoms with E-state index in [4.69, 9.17) is 10.3 Å². The number of aliphatic hydroxyl groups is 1. The highest BCUT2D eigenvalue weighted by Crippen LogP contribution is 2.25. The second kappa shape index (κ2) is 3.40. The molecule has 0 aliphatic heterocycles. The number of benzene rings is 1. The van der Waals surface area contributed by atoms with E-state index in [2.05, 4.69) is 5.16 Å². The predicted molar refractivity (Wildman–Crippen MR) is 52.6 cm³/mol. The van der Waals surface area contributed by atoms with Gasteiger partial charge in [0.15, 0.2) is 5.58 Å². The lowest BCUT2D eigenvalue weighted by molar-refractivity contribution is 0.155. The summed E-state index contributed by atoms with van der Waals surface area (Å²) >= 11 is 0. The van der Waals surface area contributed by atoms with Gasteiger partial charge in [0, 0.05) is 11.4 Å². The van der Waals surface area contributed by atoms with E-state index in [1.807, 2.05) is 12.1 Å². The molecule has 0 bridgehead atoms. The summed E-state index contributed by atoms with van der Waals surface area (Å²) in [5, 5.41) is 14.3. The minimum absolute atomic E-state index is 0.310. The smallest absolute Gasteiger partial charge is 0.167 e. The first-order valence-corrected chi connectivity index (χ1v) is 4.47. The Balaban J connectivity index is 2.56. The van der Waals surface area contributed by atoms with Crippen LogP contribution in [0.15, 0.2) is 28.9 Å². The summed E-state index contributed by atoms with van der Waals surface area (Å²) in [5.41, 5.74) is 7.06. The Labute approximate surface area is 81.3 Å². The van der Waals surface area contributed by atoms with Gasteiger partial charge in [-0.2, -0.15) is 0 Å². The van der Waals surface area contributed by atoms with Crippen LogP contribution in [0.2, 0.25) is 0 Å². The Kier molecular flexibility index (Phi) is 2.23. The van der Waals surface area contributed by atoms with Crippen molar-refractivity contribution in [2.45, 2.75) is 19.1 Å². The highest BCUT2D eigenvalue weighted by Gasteiger charge is 2.16. The fraction of sp³-hybridized carbons (Fsp3) is 0.300. The second-order valence-corrected chi connectivity index (χ2v) is 3.39. The van der Waals surface area contributed by atoms with E-state index in [0.29, 0.717) is 5.58 Å². The average molecular weight is 192 g/mol. The van der Waals surface area contributed by atoms with Crippen molar-refractivity contribution < 1.29 is 9.63 Å². The molecular weight excluding hydrogens is 180 g/mol. The van der Waals surface area contributed by atoms with Crippen molar-refractivity contribution in [3.63, 3.8) is 0 Å². The van der Waals surface area contributed by atoms with Crippen LogP contribution in [-0.2, 0) is 0 Å². The van der Waals surface area contributed by atoms with Crippen molar-refractivity contribution in [3.8, 4) is 0 Å². The number of fused-ring (bicyclic) bond motifs is 1. The largest absolute Gasteiger partial charge is 0.387 e. The maximum atomic E-state index is 9.82. The molecule has 0 aliphatic rings. The molecular formula is C10H12N2O2. The van der Waals surface area contributed by atoms with Gasteiger partial charge in [-0.25, -0.2) is 0 Å². The molecule has 14 heavy (non-hydrogen) atoms. The van der Waals surface area contributed by atoms with Crippen molar-refractivity contribution in [3.05, 3.63) is 30.0 Å². The van der Waals surface area contributed by atoms with Crippen LogP contribution < -0.4 is 5.73 Å². The molecule has 1 aromatic carbocycles. The summed E-state index contributed by atoms with van der Waals surface area (Å²) in [4.78, 5) is 0. The average Bonchev–Trinajstić information content (AvgIpc) is 2.63. The maximum absolute atomic E-state index is 9.82. The SMILES string of the molecule is CC(N)C(O)c1cccc2oncc12. The third-order valence-corrected chi connectivity index (χ3v) is 2.25. The molecule has 0 saturated carbocycles. The molecule has 1 heterocycles. The first-order valence-electron chi connectivity index (χ1n) is 4.47. The van der Waals surface area contributed by atoms with Gasteiger partial charge in [-0.05, 0) is 18.6 Å². The number of aromatic nitrogens is 1. The molecule has 2 aromatic rings. The van der Waals surface area contributed by atoms with E-state index in [1.54, 1.807) is 19.2 Å². The zero-order valence-electron chi connectivity index (χ0n) is 7.84. The zero-order valence-corrected chi connectivity index (χ0v) is 7.84. The molecule has 0 saturated heterocycles. The van der Waals surface area contributed by atoms with Crippen LogP contribution in [0.3, 0.4) is 0 Å². The zero-order chi connectivity index (χ0) is 10.1. The Morgan fingerprint density at radius 2 is 2.29 bits per heavy atom. The van der Waals surface area contributed by atoms with Crippen LogP contribution >= 0.6 is 0 Å². The van der Waals surface area contributed by atoms with Crippen molar-refractivity contribution in [2.24, 2.45) is 5.73 Å². The molecule has 0 spiro atoms. The lowest BCUT2D eigenvalue weighted by Gasteiger charge is -2.14. The predicted octanol–water partition coefficient (Wildman–Crippen LogP) is 1.21. The Bertz CT molecular complexity index is 436. The highest BCUT2D eigenvalue weighted by atomic mass is 16.5. The second-order valence-electron chi connectivity index (χ2n) is 3.39. The van der Waals surface area contributed by atoms with Gasteiger partial charge in [-0.1, -0.05) is 17.3 Å². The lowest BCUT2D eigenvalue weighted by atomic mass is 10.0. The van der Waals surface area contributed by atoms with Gasteiger partial charge in [0.25, 0.3) is 0 Å². The van der Waals surface area contributed by atoms with Crippen LogP contribution in [0.25, 0.3) is 11.0 Å². The van der Waals surface area contributed by atoms with E-state index >= 15 is 0 Å². The Morgan fingerprint density at radius 1 is 1.50 bits per heavy atom. The maximum Gasteiger partial charge on any atom is 0.167 e. The van der Waals surface area contributed by atoms with Crippen LogP contribution in [0.1, 0.15) is 18.6 Å². The fourth-order valence-electron chi connectivity index (χ4n) is 1.46. The van der Waals surface area contributed by atoms with Crippen LogP contribution in [-0.4, -0.2) is 16.3 Å². The molecule has 74 valence electrons. The minimum Gasteiger partial charge on any atom is -0.387 e. The molecule has 2 rings (SSSR count). The van der Waals surface area contributed by atoms with E-state index < -0.39 is 6.10 Å². The van der Waals surface area contributed by atoms with Gasteiger partial charge >= 0.3 is 0 Å². The minimum atomic E-state index is -0.682. The van der Waals surface area contributed by atoms with E-state index in [-0.39, 0.29) is 6.04 Å². The fourth-order valence-corrected chi connectivity index (χ4v) is 1.46. The summed E-state index contributed by atoms with van der Waals surface area (Å²) < 4.78 is 4.99. The summed E-state index contributed by atoms with van der Waals surface area (Å²) in [6.07, 6.45) is 0.911. The van der Waals surface area contributed by atoms with Crippen molar-refractivity contribution >= 4 is 11.0 Å². The van der Waals surface area contributed by atoms with Crippen LogP contribution in [0.4, 0.5) is 0 Å². The topological polar surface area (TPSA) is 72.3 Å².